The maximum absolute atomic E-state index is 10.9. The number of nitrogens with zero attached hydrogens (tertiary/aromatic N) is 2. The summed E-state index contributed by atoms with van der Waals surface area (Å²) in [5, 5.41) is 0.847. The van der Waals surface area contributed by atoms with Crippen molar-refractivity contribution in [1.82, 2.24) is 9.97 Å². The minimum absolute atomic E-state index is 0.156. The van der Waals surface area contributed by atoms with E-state index in [9.17, 15) is 4.79 Å². The van der Waals surface area contributed by atoms with E-state index in [1.807, 2.05) is 0 Å². The van der Waals surface area contributed by atoms with E-state index in [2.05, 4.69) is 9.97 Å². The third-order valence-corrected chi connectivity index (χ3v) is 2.63. The number of primary amides is 1. The van der Waals surface area contributed by atoms with Crippen molar-refractivity contribution in [3.8, 4) is 0 Å². The van der Waals surface area contributed by atoms with Gasteiger partial charge in [0.1, 0.15) is 17.0 Å². The molecule has 2 heterocycles. The van der Waals surface area contributed by atoms with Gasteiger partial charge in [-0.2, -0.15) is 0 Å². The number of rotatable bonds is 3. The van der Waals surface area contributed by atoms with Crippen molar-refractivity contribution >= 4 is 23.4 Å². The molecule has 0 aliphatic heterocycles. The molecule has 0 saturated carbocycles. The lowest BCUT2D eigenvalue weighted by atomic mass is 10.3. The van der Waals surface area contributed by atoms with Gasteiger partial charge in [0.2, 0.25) is 0 Å². The second kappa shape index (κ2) is 4.23. The predicted molar refractivity (Wildman–Crippen MR) is 57.8 cm³/mol. The van der Waals surface area contributed by atoms with Gasteiger partial charge in [-0.25, -0.2) is 9.97 Å². The molecule has 0 radical (unpaired) electrons. The van der Waals surface area contributed by atoms with E-state index < -0.39 is 5.91 Å². The smallest absolute Gasteiger partial charge is 0.267 e. The van der Waals surface area contributed by atoms with Crippen LogP contribution in [-0.4, -0.2) is 15.9 Å². The van der Waals surface area contributed by atoms with Gasteiger partial charge in [0.05, 0.1) is 11.9 Å². The van der Waals surface area contributed by atoms with Crippen LogP contribution < -0.4 is 11.5 Å². The number of anilines is 1. The van der Waals surface area contributed by atoms with E-state index in [0.29, 0.717) is 15.9 Å². The fraction of sp³-hybridized carbons (Fsp3) is 0. The number of hydrogen-bond acceptors (Lipinski definition) is 6. The van der Waals surface area contributed by atoms with Gasteiger partial charge in [0.15, 0.2) is 0 Å². The zero-order valence-corrected chi connectivity index (χ0v) is 8.90. The highest BCUT2D eigenvalue weighted by Crippen LogP contribution is 2.28. The largest absolute Gasteiger partial charge is 0.440 e. The lowest BCUT2D eigenvalue weighted by Crippen LogP contribution is -2.13. The predicted octanol–water partition coefficient (Wildman–Crippen LogP) is 0.902. The zero-order chi connectivity index (χ0) is 11.5. The lowest BCUT2D eigenvalue weighted by Gasteiger charge is -2.02. The van der Waals surface area contributed by atoms with Gasteiger partial charge in [-0.3, -0.25) is 4.79 Å². The van der Waals surface area contributed by atoms with Crippen LogP contribution in [0.15, 0.2) is 39.3 Å². The van der Waals surface area contributed by atoms with Gasteiger partial charge in [-0.1, -0.05) is 0 Å². The molecule has 82 valence electrons. The van der Waals surface area contributed by atoms with E-state index in [1.165, 1.54) is 18.5 Å². The summed E-state index contributed by atoms with van der Waals surface area (Å²) in [5.41, 5.74) is 11.4. The molecular formula is C9H8N4O2S. The highest BCUT2D eigenvalue weighted by molar-refractivity contribution is 7.99. The van der Waals surface area contributed by atoms with Gasteiger partial charge >= 0.3 is 0 Å². The summed E-state index contributed by atoms with van der Waals surface area (Å²) in [6, 6.07) is 3.04. The fourth-order valence-electron chi connectivity index (χ4n) is 1.01. The Kier molecular flexibility index (Phi) is 2.78. The first-order valence-corrected chi connectivity index (χ1v) is 5.12. The molecule has 0 bridgehead atoms. The first kappa shape index (κ1) is 10.5. The van der Waals surface area contributed by atoms with Crippen molar-refractivity contribution in [2.45, 2.75) is 10.2 Å². The van der Waals surface area contributed by atoms with Gasteiger partial charge in [-0.15, -0.1) is 0 Å². The van der Waals surface area contributed by atoms with Gasteiger partial charge < -0.3 is 15.9 Å². The van der Waals surface area contributed by atoms with Gasteiger partial charge in [0, 0.05) is 0 Å². The summed E-state index contributed by atoms with van der Waals surface area (Å²) in [6.07, 6.45) is 2.95. The van der Waals surface area contributed by atoms with Crippen molar-refractivity contribution in [2.75, 3.05) is 5.73 Å². The van der Waals surface area contributed by atoms with Crippen LogP contribution in [0.1, 0.15) is 10.5 Å². The average molecular weight is 236 g/mol. The molecule has 0 aliphatic rings. The maximum Gasteiger partial charge on any atom is 0.267 e. The minimum atomic E-state index is -0.603. The SMILES string of the molecule is NC(=O)c1ccc(N)c(Sc2ncco2)n1. The first-order chi connectivity index (χ1) is 7.66. The van der Waals surface area contributed by atoms with Crippen LogP contribution in [-0.2, 0) is 0 Å². The molecular weight excluding hydrogens is 228 g/mol. The Morgan fingerprint density at radius 3 is 2.88 bits per heavy atom. The Balaban J connectivity index is 2.32. The van der Waals surface area contributed by atoms with Crippen LogP contribution in [0.25, 0.3) is 0 Å². The summed E-state index contributed by atoms with van der Waals surface area (Å²) in [7, 11) is 0. The van der Waals surface area contributed by atoms with Crippen molar-refractivity contribution in [1.29, 1.82) is 0 Å². The van der Waals surface area contributed by atoms with Crippen molar-refractivity contribution in [3.05, 3.63) is 30.3 Å². The summed E-state index contributed by atoms with van der Waals surface area (Å²) < 4.78 is 5.03. The Morgan fingerprint density at radius 2 is 2.25 bits per heavy atom. The number of amides is 1. The molecule has 0 fully saturated rings. The second-order valence-electron chi connectivity index (χ2n) is 2.86. The number of carbonyl (C=O) groups is 1. The molecule has 2 rings (SSSR count). The normalized spacial score (nSPS) is 10.2. The van der Waals surface area contributed by atoms with E-state index in [1.54, 1.807) is 6.07 Å². The summed E-state index contributed by atoms with van der Waals surface area (Å²) >= 11 is 1.13. The Labute approximate surface area is 95.1 Å². The van der Waals surface area contributed by atoms with Gasteiger partial charge in [0.25, 0.3) is 11.1 Å². The topological polar surface area (TPSA) is 108 Å². The Hall–Kier alpha value is -2.02. The first-order valence-electron chi connectivity index (χ1n) is 4.30. The highest BCUT2D eigenvalue weighted by atomic mass is 32.2. The fourth-order valence-corrected chi connectivity index (χ4v) is 1.73. The van der Waals surface area contributed by atoms with Gasteiger partial charge in [-0.05, 0) is 23.9 Å². The van der Waals surface area contributed by atoms with Crippen molar-refractivity contribution < 1.29 is 9.21 Å². The molecule has 2 aromatic heterocycles. The standard InChI is InChI=1S/C9H8N4O2S/c10-5-1-2-6(7(11)14)13-8(5)16-9-12-3-4-15-9/h1-4H,10H2,(H2,11,14). The quantitative estimate of drug-likeness (QED) is 0.819. The second-order valence-corrected chi connectivity index (χ2v) is 3.80. The molecule has 2 aromatic rings. The van der Waals surface area contributed by atoms with Crippen LogP contribution >= 0.6 is 11.8 Å². The van der Waals surface area contributed by atoms with E-state index in [4.69, 9.17) is 15.9 Å². The molecule has 1 amide bonds. The molecule has 0 unspecified atom stereocenters. The molecule has 0 atom stereocenters. The molecule has 7 heteroatoms. The molecule has 16 heavy (non-hydrogen) atoms. The van der Waals surface area contributed by atoms with Crippen molar-refractivity contribution in [2.24, 2.45) is 5.73 Å². The average Bonchev–Trinajstić information content (AvgIpc) is 2.73. The zero-order valence-electron chi connectivity index (χ0n) is 8.08. The number of nitrogens with two attached hydrogens (primary N) is 2. The van der Waals surface area contributed by atoms with Crippen LogP contribution in [0.2, 0.25) is 0 Å². The number of nitrogen functional groups attached to an aromatic ring is 1. The molecule has 6 nitrogen and oxygen atoms in total. The monoisotopic (exact) mass is 236 g/mol. The summed E-state index contributed by atoms with van der Waals surface area (Å²) in [6.45, 7) is 0. The van der Waals surface area contributed by atoms with Crippen LogP contribution in [0.5, 0.6) is 0 Å². The van der Waals surface area contributed by atoms with Crippen LogP contribution in [0.3, 0.4) is 0 Å². The van der Waals surface area contributed by atoms with E-state index >= 15 is 0 Å². The Bertz CT molecular complexity index is 512. The molecule has 0 aliphatic carbocycles. The van der Waals surface area contributed by atoms with E-state index in [-0.39, 0.29) is 5.69 Å². The molecule has 0 saturated heterocycles. The van der Waals surface area contributed by atoms with Crippen LogP contribution in [0, 0.1) is 0 Å². The number of hydrogen-bond donors (Lipinski definition) is 2. The molecule has 0 aromatic carbocycles. The number of oxazole rings is 1. The highest BCUT2D eigenvalue weighted by Gasteiger charge is 2.10. The van der Waals surface area contributed by atoms with Crippen molar-refractivity contribution in [3.63, 3.8) is 0 Å². The molecule has 4 N–H and O–H groups in total. The maximum atomic E-state index is 10.9. The number of pyridine rings is 1. The minimum Gasteiger partial charge on any atom is -0.440 e. The third kappa shape index (κ3) is 2.14. The lowest BCUT2D eigenvalue weighted by molar-refractivity contribution is 0.0995. The molecule has 0 spiro atoms. The number of aromatic nitrogens is 2. The third-order valence-electron chi connectivity index (χ3n) is 1.74. The Morgan fingerprint density at radius 1 is 1.44 bits per heavy atom. The summed E-state index contributed by atoms with van der Waals surface area (Å²) in [5.74, 6) is -0.603. The van der Waals surface area contributed by atoms with E-state index in [0.717, 1.165) is 11.8 Å². The van der Waals surface area contributed by atoms with Crippen LogP contribution in [0.4, 0.5) is 5.69 Å². The summed E-state index contributed by atoms with van der Waals surface area (Å²) in [4.78, 5) is 18.9. The number of carbonyl (C=O) groups excluding carboxylic acids is 1.